The van der Waals surface area contributed by atoms with Gasteiger partial charge in [-0.2, -0.15) is 0 Å². The van der Waals surface area contributed by atoms with Crippen molar-refractivity contribution in [3.63, 3.8) is 0 Å². The van der Waals surface area contributed by atoms with E-state index >= 15 is 0 Å². The molecule has 1 saturated heterocycles. The number of aryl methyl sites for hydroxylation is 2. The minimum absolute atomic E-state index is 0.319. The van der Waals surface area contributed by atoms with E-state index in [0.717, 1.165) is 37.6 Å². The molecule has 90 valence electrons. The summed E-state index contributed by atoms with van der Waals surface area (Å²) >= 11 is 0. The Balaban J connectivity index is 1.96. The van der Waals surface area contributed by atoms with E-state index in [0.29, 0.717) is 12.5 Å². The zero-order chi connectivity index (χ0) is 11.5. The van der Waals surface area contributed by atoms with Crippen LogP contribution >= 0.6 is 0 Å². The summed E-state index contributed by atoms with van der Waals surface area (Å²) in [5.74, 6) is 2.48. The molecule has 0 aliphatic carbocycles. The first-order chi connectivity index (χ1) is 7.69. The molecule has 0 radical (unpaired) electrons. The van der Waals surface area contributed by atoms with Crippen molar-refractivity contribution in [1.29, 1.82) is 0 Å². The fourth-order valence-corrected chi connectivity index (χ4v) is 2.53. The van der Waals surface area contributed by atoms with Crippen LogP contribution in [0.5, 0.6) is 0 Å². The zero-order valence-electron chi connectivity index (χ0n) is 10.2. The van der Waals surface area contributed by atoms with E-state index in [9.17, 15) is 5.11 Å². The van der Waals surface area contributed by atoms with Gasteiger partial charge in [-0.3, -0.25) is 4.90 Å². The average Bonchev–Trinajstić information content (AvgIpc) is 2.58. The van der Waals surface area contributed by atoms with Crippen LogP contribution < -0.4 is 0 Å². The van der Waals surface area contributed by atoms with Crippen LogP contribution in [0.25, 0.3) is 0 Å². The van der Waals surface area contributed by atoms with Crippen molar-refractivity contribution in [3.05, 3.63) is 23.2 Å². The van der Waals surface area contributed by atoms with Crippen LogP contribution in [-0.2, 0) is 6.54 Å². The molecule has 0 bridgehead atoms. The van der Waals surface area contributed by atoms with Crippen molar-refractivity contribution in [3.8, 4) is 0 Å². The molecule has 3 heteroatoms. The van der Waals surface area contributed by atoms with Crippen LogP contribution in [0.3, 0.4) is 0 Å². The van der Waals surface area contributed by atoms with Crippen molar-refractivity contribution in [2.24, 2.45) is 5.92 Å². The highest BCUT2D eigenvalue weighted by Crippen LogP contribution is 2.21. The first-order valence-corrected chi connectivity index (χ1v) is 6.08. The van der Waals surface area contributed by atoms with E-state index in [1.807, 2.05) is 13.8 Å². The lowest BCUT2D eigenvalue weighted by Crippen LogP contribution is -2.36. The van der Waals surface area contributed by atoms with Gasteiger partial charge in [-0.1, -0.05) is 0 Å². The summed E-state index contributed by atoms with van der Waals surface area (Å²) in [5, 5.41) is 9.19. The summed E-state index contributed by atoms with van der Waals surface area (Å²) < 4.78 is 5.53. The van der Waals surface area contributed by atoms with Crippen molar-refractivity contribution in [2.45, 2.75) is 33.2 Å². The summed E-state index contributed by atoms with van der Waals surface area (Å²) in [5.41, 5.74) is 1.29. The highest BCUT2D eigenvalue weighted by molar-refractivity contribution is 5.19. The molecule has 2 rings (SSSR count). The van der Waals surface area contributed by atoms with Gasteiger partial charge in [-0.15, -0.1) is 0 Å². The van der Waals surface area contributed by atoms with Crippen molar-refractivity contribution in [1.82, 2.24) is 4.90 Å². The molecule has 1 aromatic heterocycles. The number of furan rings is 1. The van der Waals surface area contributed by atoms with E-state index in [-0.39, 0.29) is 0 Å². The van der Waals surface area contributed by atoms with Crippen LogP contribution in [0.2, 0.25) is 0 Å². The fraction of sp³-hybridized carbons (Fsp3) is 0.692. The molecule has 1 aliphatic rings. The lowest BCUT2D eigenvalue weighted by atomic mass is 9.98. The Morgan fingerprint density at radius 2 is 2.31 bits per heavy atom. The van der Waals surface area contributed by atoms with Gasteiger partial charge in [0.05, 0.1) is 0 Å². The van der Waals surface area contributed by atoms with E-state index in [1.54, 1.807) is 0 Å². The first-order valence-electron chi connectivity index (χ1n) is 6.08. The SMILES string of the molecule is Cc1cc(CN2CCCC(CO)C2)c(C)o1. The molecule has 0 spiro atoms. The van der Waals surface area contributed by atoms with Crippen molar-refractivity contribution >= 4 is 0 Å². The van der Waals surface area contributed by atoms with E-state index in [2.05, 4.69) is 11.0 Å². The molecule has 1 aliphatic heterocycles. The minimum atomic E-state index is 0.319. The third-order valence-corrected chi connectivity index (χ3v) is 3.40. The van der Waals surface area contributed by atoms with E-state index in [1.165, 1.54) is 12.0 Å². The lowest BCUT2D eigenvalue weighted by molar-refractivity contribution is 0.115. The second-order valence-corrected chi connectivity index (χ2v) is 4.86. The summed E-state index contributed by atoms with van der Waals surface area (Å²) in [7, 11) is 0. The maximum atomic E-state index is 9.19. The van der Waals surface area contributed by atoms with Gasteiger partial charge in [-0.25, -0.2) is 0 Å². The number of aliphatic hydroxyl groups excluding tert-OH is 1. The van der Waals surface area contributed by atoms with Crippen LogP contribution in [-0.4, -0.2) is 29.7 Å². The lowest BCUT2D eigenvalue weighted by Gasteiger charge is -2.31. The number of nitrogens with zero attached hydrogens (tertiary/aromatic N) is 1. The summed E-state index contributed by atoms with van der Waals surface area (Å²) in [6, 6.07) is 2.12. The highest BCUT2D eigenvalue weighted by Gasteiger charge is 2.20. The second kappa shape index (κ2) is 5.02. The van der Waals surface area contributed by atoms with Gasteiger partial charge in [0.2, 0.25) is 0 Å². The van der Waals surface area contributed by atoms with Crippen LogP contribution in [0, 0.1) is 19.8 Å². The Hall–Kier alpha value is -0.800. The highest BCUT2D eigenvalue weighted by atomic mass is 16.3. The Morgan fingerprint density at radius 1 is 1.50 bits per heavy atom. The minimum Gasteiger partial charge on any atom is -0.466 e. The number of aliphatic hydroxyl groups is 1. The molecule has 0 saturated carbocycles. The van der Waals surface area contributed by atoms with Gasteiger partial charge >= 0.3 is 0 Å². The maximum Gasteiger partial charge on any atom is 0.105 e. The summed E-state index contributed by atoms with van der Waals surface area (Å²) in [6.07, 6.45) is 2.36. The Kier molecular flexibility index (Phi) is 3.66. The van der Waals surface area contributed by atoms with Crippen molar-refractivity contribution in [2.75, 3.05) is 19.7 Å². The van der Waals surface area contributed by atoms with Gasteiger partial charge in [-0.05, 0) is 45.2 Å². The number of hydrogen-bond donors (Lipinski definition) is 1. The monoisotopic (exact) mass is 223 g/mol. The van der Waals surface area contributed by atoms with E-state index < -0.39 is 0 Å². The molecule has 1 N–H and O–H groups in total. The number of likely N-dealkylation sites (tertiary alicyclic amines) is 1. The van der Waals surface area contributed by atoms with Crippen LogP contribution in [0.1, 0.15) is 29.9 Å². The summed E-state index contributed by atoms with van der Waals surface area (Å²) in [4.78, 5) is 2.42. The molecular weight excluding hydrogens is 202 g/mol. The molecule has 0 aromatic carbocycles. The molecule has 1 fully saturated rings. The topological polar surface area (TPSA) is 36.6 Å². The quantitative estimate of drug-likeness (QED) is 0.852. The Bertz CT molecular complexity index is 346. The van der Waals surface area contributed by atoms with E-state index in [4.69, 9.17) is 4.42 Å². The average molecular weight is 223 g/mol. The van der Waals surface area contributed by atoms with Gasteiger partial charge < -0.3 is 9.52 Å². The Labute approximate surface area is 97.1 Å². The zero-order valence-corrected chi connectivity index (χ0v) is 10.2. The third-order valence-electron chi connectivity index (χ3n) is 3.40. The number of piperidine rings is 1. The molecular formula is C13H21NO2. The normalized spacial score (nSPS) is 22.6. The third kappa shape index (κ3) is 2.66. The largest absolute Gasteiger partial charge is 0.466 e. The predicted octanol–water partition coefficient (Wildman–Crippen LogP) is 2.10. The first kappa shape index (κ1) is 11.7. The smallest absolute Gasteiger partial charge is 0.105 e. The molecule has 0 amide bonds. The second-order valence-electron chi connectivity index (χ2n) is 4.86. The Morgan fingerprint density at radius 3 is 2.94 bits per heavy atom. The number of rotatable bonds is 3. The molecule has 1 aromatic rings. The van der Waals surface area contributed by atoms with Gasteiger partial charge in [0.1, 0.15) is 11.5 Å². The standard InChI is InChI=1S/C13H21NO2/c1-10-6-13(11(2)16-10)8-14-5-3-4-12(7-14)9-15/h6,12,15H,3-5,7-9H2,1-2H3. The van der Waals surface area contributed by atoms with Crippen molar-refractivity contribution < 1.29 is 9.52 Å². The molecule has 1 atom stereocenters. The van der Waals surface area contributed by atoms with Gasteiger partial charge in [0, 0.05) is 25.3 Å². The molecule has 3 nitrogen and oxygen atoms in total. The number of hydrogen-bond acceptors (Lipinski definition) is 3. The molecule has 2 heterocycles. The summed E-state index contributed by atoms with van der Waals surface area (Å²) in [6.45, 7) is 7.44. The van der Waals surface area contributed by atoms with Crippen LogP contribution in [0.4, 0.5) is 0 Å². The van der Waals surface area contributed by atoms with Crippen LogP contribution in [0.15, 0.2) is 10.5 Å². The van der Waals surface area contributed by atoms with Gasteiger partial charge in [0.25, 0.3) is 0 Å². The maximum absolute atomic E-state index is 9.19. The fourth-order valence-electron chi connectivity index (χ4n) is 2.53. The predicted molar refractivity (Wildman–Crippen MR) is 63.3 cm³/mol. The molecule has 16 heavy (non-hydrogen) atoms. The van der Waals surface area contributed by atoms with Gasteiger partial charge in [0.15, 0.2) is 0 Å². The molecule has 1 unspecified atom stereocenters.